The van der Waals surface area contributed by atoms with Crippen LogP contribution in [0.3, 0.4) is 0 Å². The van der Waals surface area contributed by atoms with E-state index in [9.17, 15) is 4.79 Å². The third-order valence-electron chi connectivity index (χ3n) is 3.63. The Hall–Kier alpha value is -1.39. The molecule has 2 rings (SSSR count). The number of nitrogens with zero attached hydrogens (tertiary/aromatic N) is 1. The molecule has 20 heavy (non-hydrogen) atoms. The van der Waals surface area contributed by atoms with Gasteiger partial charge in [-0.2, -0.15) is 0 Å². The topological polar surface area (TPSA) is 38.8 Å². The lowest BCUT2D eigenvalue weighted by Gasteiger charge is -2.27. The molecule has 0 bridgehead atoms. The smallest absolute Gasteiger partial charge is 0.339 e. The van der Waals surface area contributed by atoms with E-state index in [-0.39, 0.29) is 5.97 Å². The van der Waals surface area contributed by atoms with Crippen LogP contribution in [0.25, 0.3) is 0 Å². The van der Waals surface area contributed by atoms with Gasteiger partial charge in [-0.25, -0.2) is 4.79 Å². The Balaban J connectivity index is 2.02. The molecule has 4 nitrogen and oxygen atoms in total. The Labute approximate surface area is 120 Å². The molecule has 0 aromatic heterocycles. The van der Waals surface area contributed by atoms with Crippen molar-refractivity contribution in [2.75, 3.05) is 26.3 Å². The molecule has 1 atom stereocenters. The number of hydrogen-bond donors (Lipinski definition) is 0. The zero-order chi connectivity index (χ0) is 14.4. The second-order valence-electron chi connectivity index (χ2n) is 5.09. The number of esters is 1. The van der Waals surface area contributed by atoms with E-state index >= 15 is 0 Å². The van der Waals surface area contributed by atoms with Crippen molar-refractivity contribution in [3.63, 3.8) is 0 Å². The third kappa shape index (κ3) is 3.38. The summed E-state index contributed by atoms with van der Waals surface area (Å²) >= 11 is 0. The van der Waals surface area contributed by atoms with Crippen molar-refractivity contribution >= 4 is 5.97 Å². The monoisotopic (exact) mass is 277 g/mol. The van der Waals surface area contributed by atoms with Crippen LogP contribution in [-0.4, -0.2) is 42.8 Å². The van der Waals surface area contributed by atoms with Crippen molar-refractivity contribution in [1.82, 2.24) is 4.90 Å². The molecule has 1 aromatic rings. The molecule has 0 saturated carbocycles. The van der Waals surface area contributed by atoms with Crippen LogP contribution in [0.2, 0.25) is 0 Å². The molecular weight excluding hydrogens is 254 g/mol. The van der Waals surface area contributed by atoms with E-state index in [1.807, 2.05) is 32.0 Å². The highest BCUT2D eigenvalue weighted by Crippen LogP contribution is 2.28. The molecule has 1 aromatic carbocycles. The van der Waals surface area contributed by atoms with Gasteiger partial charge in [-0.1, -0.05) is 30.3 Å². The highest BCUT2D eigenvalue weighted by molar-refractivity contribution is 5.80. The van der Waals surface area contributed by atoms with Crippen LogP contribution < -0.4 is 0 Å². The van der Waals surface area contributed by atoms with Gasteiger partial charge in [0.05, 0.1) is 6.61 Å². The van der Waals surface area contributed by atoms with Crippen molar-refractivity contribution in [2.24, 2.45) is 0 Å². The highest BCUT2D eigenvalue weighted by Gasteiger charge is 2.46. The maximum absolute atomic E-state index is 12.2. The lowest BCUT2D eigenvalue weighted by molar-refractivity contribution is -0.170. The zero-order valence-electron chi connectivity index (χ0n) is 12.3. The molecule has 0 spiro atoms. The van der Waals surface area contributed by atoms with Crippen LogP contribution in [0.15, 0.2) is 30.3 Å². The molecule has 1 heterocycles. The van der Waals surface area contributed by atoms with Crippen LogP contribution in [-0.2, 0) is 20.8 Å². The van der Waals surface area contributed by atoms with E-state index in [1.54, 1.807) is 0 Å². The fourth-order valence-corrected chi connectivity index (χ4v) is 2.72. The van der Waals surface area contributed by atoms with Crippen molar-refractivity contribution in [3.05, 3.63) is 35.9 Å². The summed E-state index contributed by atoms with van der Waals surface area (Å²) in [7, 11) is 0. The first-order chi connectivity index (χ1) is 9.70. The number of ether oxygens (including phenoxy) is 2. The molecule has 110 valence electrons. The molecule has 0 aliphatic carbocycles. The number of carbonyl (C=O) groups excluding carboxylic acids is 1. The Morgan fingerprint density at radius 2 is 2.00 bits per heavy atom. The van der Waals surface area contributed by atoms with E-state index in [0.717, 1.165) is 13.1 Å². The average molecular weight is 277 g/mol. The van der Waals surface area contributed by atoms with E-state index in [4.69, 9.17) is 9.47 Å². The van der Waals surface area contributed by atoms with Gasteiger partial charge in [0, 0.05) is 32.7 Å². The lowest BCUT2D eigenvalue weighted by atomic mass is 10.0. The fraction of sp³-hybridized carbons (Fsp3) is 0.562. The molecule has 1 saturated heterocycles. The molecule has 1 aliphatic rings. The summed E-state index contributed by atoms with van der Waals surface area (Å²) in [6.45, 7) is 6.97. The van der Waals surface area contributed by atoms with Gasteiger partial charge in [0.2, 0.25) is 0 Å². The third-order valence-corrected chi connectivity index (χ3v) is 3.63. The minimum Gasteiger partial charge on any atom is -0.464 e. The Morgan fingerprint density at radius 3 is 2.65 bits per heavy atom. The summed E-state index contributed by atoms with van der Waals surface area (Å²) in [6, 6.07) is 10.3. The molecule has 0 amide bonds. The highest BCUT2D eigenvalue weighted by atomic mass is 16.6. The van der Waals surface area contributed by atoms with Crippen LogP contribution in [0, 0.1) is 0 Å². The van der Waals surface area contributed by atoms with Crippen LogP contribution in [0.4, 0.5) is 0 Å². The SMILES string of the molecule is CCOC(=O)[C@]1(OCC)CCN(Cc2ccccc2)C1. The number of benzene rings is 1. The zero-order valence-corrected chi connectivity index (χ0v) is 12.3. The van der Waals surface area contributed by atoms with E-state index in [1.165, 1.54) is 5.56 Å². The number of carbonyl (C=O) groups is 1. The standard InChI is InChI=1S/C16H23NO3/c1-3-19-15(18)16(20-4-2)10-11-17(13-16)12-14-8-6-5-7-9-14/h5-9H,3-4,10-13H2,1-2H3/t16-/m0/s1. The molecule has 0 unspecified atom stereocenters. The average Bonchev–Trinajstić information content (AvgIpc) is 2.85. The Bertz CT molecular complexity index is 435. The van der Waals surface area contributed by atoms with Crippen molar-refractivity contribution in [3.8, 4) is 0 Å². The van der Waals surface area contributed by atoms with Gasteiger partial charge in [-0.3, -0.25) is 4.90 Å². The van der Waals surface area contributed by atoms with E-state index in [0.29, 0.717) is 26.2 Å². The normalized spacial score (nSPS) is 22.9. The first-order valence-corrected chi connectivity index (χ1v) is 7.27. The van der Waals surface area contributed by atoms with Crippen molar-refractivity contribution in [2.45, 2.75) is 32.4 Å². The van der Waals surface area contributed by atoms with Crippen LogP contribution in [0.1, 0.15) is 25.8 Å². The van der Waals surface area contributed by atoms with Crippen molar-refractivity contribution in [1.29, 1.82) is 0 Å². The minimum atomic E-state index is -0.778. The maximum Gasteiger partial charge on any atom is 0.339 e. The predicted molar refractivity (Wildman–Crippen MR) is 77.3 cm³/mol. The summed E-state index contributed by atoms with van der Waals surface area (Å²) in [5, 5.41) is 0. The summed E-state index contributed by atoms with van der Waals surface area (Å²) in [5.41, 5.74) is 0.475. The largest absolute Gasteiger partial charge is 0.464 e. The molecule has 0 N–H and O–H groups in total. The quantitative estimate of drug-likeness (QED) is 0.747. The van der Waals surface area contributed by atoms with Gasteiger partial charge >= 0.3 is 5.97 Å². The second-order valence-corrected chi connectivity index (χ2v) is 5.09. The lowest BCUT2D eigenvalue weighted by Crippen LogP contribution is -2.45. The second kappa shape index (κ2) is 6.86. The Kier molecular flexibility index (Phi) is 5.15. The van der Waals surface area contributed by atoms with Gasteiger partial charge in [0.25, 0.3) is 0 Å². The molecule has 1 fully saturated rings. The molecular formula is C16H23NO3. The van der Waals surface area contributed by atoms with E-state index < -0.39 is 5.60 Å². The fourth-order valence-electron chi connectivity index (χ4n) is 2.72. The maximum atomic E-state index is 12.2. The van der Waals surface area contributed by atoms with Gasteiger partial charge in [-0.15, -0.1) is 0 Å². The van der Waals surface area contributed by atoms with Gasteiger partial charge in [0.15, 0.2) is 5.60 Å². The molecule has 4 heteroatoms. The van der Waals surface area contributed by atoms with Crippen LogP contribution >= 0.6 is 0 Å². The summed E-state index contributed by atoms with van der Waals surface area (Å²) in [6.07, 6.45) is 0.701. The number of likely N-dealkylation sites (tertiary alicyclic amines) is 1. The molecule has 0 radical (unpaired) electrons. The van der Waals surface area contributed by atoms with Gasteiger partial charge < -0.3 is 9.47 Å². The summed E-state index contributed by atoms with van der Waals surface area (Å²) in [5.74, 6) is -0.225. The summed E-state index contributed by atoms with van der Waals surface area (Å²) < 4.78 is 10.9. The van der Waals surface area contributed by atoms with Crippen LogP contribution in [0.5, 0.6) is 0 Å². The Morgan fingerprint density at radius 1 is 1.25 bits per heavy atom. The number of rotatable bonds is 6. The van der Waals surface area contributed by atoms with Gasteiger partial charge in [0.1, 0.15) is 0 Å². The first-order valence-electron chi connectivity index (χ1n) is 7.27. The predicted octanol–water partition coefficient (Wildman–Crippen LogP) is 2.23. The van der Waals surface area contributed by atoms with E-state index in [2.05, 4.69) is 17.0 Å². The first kappa shape index (κ1) is 15.0. The number of hydrogen-bond acceptors (Lipinski definition) is 4. The molecule has 1 aliphatic heterocycles. The van der Waals surface area contributed by atoms with Gasteiger partial charge in [-0.05, 0) is 19.4 Å². The summed E-state index contributed by atoms with van der Waals surface area (Å²) in [4.78, 5) is 14.4. The minimum absolute atomic E-state index is 0.225. The van der Waals surface area contributed by atoms with Crippen molar-refractivity contribution < 1.29 is 14.3 Å².